The van der Waals surface area contributed by atoms with Gasteiger partial charge in [-0.15, -0.1) is 0 Å². The average molecular weight is 387 g/mol. The van der Waals surface area contributed by atoms with Crippen LogP contribution in [-0.2, 0) is 4.79 Å². The van der Waals surface area contributed by atoms with E-state index < -0.39 is 29.3 Å². The minimum Gasteiger partial charge on any atom is -0.550 e. The van der Waals surface area contributed by atoms with Crippen LogP contribution >= 0.6 is 0 Å². The zero-order chi connectivity index (χ0) is 20.7. The van der Waals surface area contributed by atoms with Gasteiger partial charge in [-0.05, 0) is 36.8 Å². The fourth-order valence-corrected chi connectivity index (χ4v) is 2.57. The number of methoxy groups -OCH3 is 1. The highest BCUT2D eigenvalue weighted by molar-refractivity contribution is 5.94. The third-order valence-corrected chi connectivity index (χ3v) is 3.91. The molecule has 0 saturated heterocycles. The van der Waals surface area contributed by atoms with E-state index in [4.69, 9.17) is 9.47 Å². The Kier molecular flexibility index (Phi) is 6.91. The molecule has 1 amide bonds. The average Bonchev–Trinajstić information content (AvgIpc) is 2.67. The molecular formula is C19H19N2O7-. The summed E-state index contributed by atoms with van der Waals surface area (Å²) in [4.78, 5) is 33.8. The van der Waals surface area contributed by atoms with Crippen molar-refractivity contribution in [1.29, 1.82) is 0 Å². The number of nitrogens with one attached hydrogen (secondary N) is 1. The number of benzene rings is 2. The lowest BCUT2D eigenvalue weighted by atomic mass is 10.0. The maximum absolute atomic E-state index is 12.5. The minimum absolute atomic E-state index is 0.154. The molecular weight excluding hydrogens is 368 g/mol. The normalized spacial score (nSPS) is 11.4. The number of rotatable bonds is 9. The van der Waals surface area contributed by atoms with Crippen molar-refractivity contribution < 1.29 is 29.1 Å². The molecule has 0 unspecified atom stereocenters. The Morgan fingerprint density at radius 1 is 1.14 bits per heavy atom. The van der Waals surface area contributed by atoms with Crippen molar-refractivity contribution in [2.24, 2.45) is 0 Å². The first kappa shape index (κ1) is 20.7. The van der Waals surface area contributed by atoms with Crippen LogP contribution < -0.4 is 19.9 Å². The number of non-ortho nitro benzene ring substituents is 1. The minimum atomic E-state index is -1.35. The Morgan fingerprint density at radius 3 is 2.36 bits per heavy atom. The molecule has 2 aromatic rings. The van der Waals surface area contributed by atoms with Crippen LogP contribution in [0.2, 0.25) is 0 Å². The number of hydrogen-bond donors (Lipinski definition) is 1. The van der Waals surface area contributed by atoms with E-state index in [2.05, 4.69) is 5.32 Å². The Morgan fingerprint density at radius 2 is 1.82 bits per heavy atom. The first-order chi connectivity index (χ1) is 13.3. The standard InChI is InChI=1S/C19H20N2O7/c1-3-28-16-9-6-13(10-17(16)27-2)15(11-18(22)23)20-19(24)12-4-7-14(8-5-12)21(25)26/h4-10,15H,3,11H2,1-2H3,(H,20,24)(H,22,23)/p-1/t15-/m1/s1. The molecule has 0 aromatic heterocycles. The van der Waals surface area contributed by atoms with Gasteiger partial charge in [-0.1, -0.05) is 6.07 Å². The fourth-order valence-electron chi connectivity index (χ4n) is 2.57. The molecule has 0 aliphatic heterocycles. The van der Waals surface area contributed by atoms with E-state index in [0.717, 1.165) is 0 Å². The van der Waals surface area contributed by atoms with Gasteiger partial charge < -0.3 is 24.7 Å². The second-order valence-corrected chi connectivity index (χ2v) is 5.75. The van der Waals surface area contributed by atoms with Crippen LogP contribution in [0.3, 0.4) is 0 Å². The molecule has 0 fully saturated rings. The number of nitro benzene ring substituents is 1. The summed E-state index contributed by atoms with van der Waals surface area (Å²) in [5.41, 5.74) is 0.491. The van der Waals surface area contributed by atoms with Crippen molar-refractivity contribution in [3.05, 3.63) is 63.7 Å². The van der Waals surface area contributed by atoms with Crippen molar-refractivity contribution in [2.45, 2.75) is 19.4 Å². The summed E-state index contributed by atoms with van der Waals surface area (Å²) in [6.45, 7) is 2.24. The first-order valence-corrected chi connectivity index (χ1v) is 8.41. The van der Waals surface area contributed by atoms with E-state index in [-0.39, 0.29) is 11.3 Å². The number of carbonyl (C=O) groups excluding carboxylic acids is 2. The number of hydrogen-bond acceptors (Lipinski definition) is 7. The Balaban J connectivity index is 2.27. The Labute approximate surface area is 161 Å². The third kappa shape index (κ3) is 5.19. The van der Waals surface area contributed by atoms with Gasteiger partial charge >= 0.3 is 0 Å². The van der Waals surface area contributed by atoms with E-state index in [0.29, 0.717) is 23.7 Å². The second kappa shape index (κ2) is 9.36. The molecule has 0 saturated carbocycles. The largest absolute Gasteiger partial charge is 0.550 e. The van der Waals surface area contributed by atoms with Crippen LogP contribution in [-0.4, -0.2) is 30.5 Å². The summed E-state index contributed by atoms with van der Waals surface area (Å²) in [5, 5.41) is 24.5. The molecule has 0 radical (unpaired) electrons. The molecule has 0 heterocycles. The molecule has 9 nitrogen and oxygen atoms in total. The van der Waals surface area contributed by atoms with Crippen LogP contribution in [0.4, 0.5) is 5.69 Å². The number of amides is 1. The lowest BCUT2D eigenvalue weighted by Crippen LogP contribution is -2.34. The van der Waals surface area contributed by atoms with Crippen LogP contribution in [0.15, 0.2) is 42.5 Å². The van der Waals surface area contributed by atoms with Crippen molar-refractivity contribution in [3.8, 4) is 11.5 Å². The molecule has 0 aliphatic rings. The van der Waals surface area contributed by atoms with Gasteiger partial charge in [0.25, 0.3) is 11.6 Å². The maximum Gasteiger partial charge on any atom is 0.269 e. The Hall–Kier alpha value is -3.62. The summed E-state index contributed by atoms with van der Waals surface area (Å²) in [5.74, 6) is -1.04. The topological polar surface area (TPSA) is 131 Å². The van der Waals surface area contributed by atoms with Gasteiger partial charge in [0.15, 0.2) is 11.5 Å². The maximum atomic E-state index is 12.5. The molecule has 1 atom stereocenters. The van der Waals surface area contributed by atoms with Crippen molar-refractivity contribution in [3.63, 3.8) is 0 Å². The summed E-state index contributed by atoms with van der Waals surface area (Å²) < 4.78 is 10.7. The zero-order valence-electron chi connectivity index (χ0n) is 15.3. The molecule has 2 rings (SSSR count). The fraction of sp³-hybridized carbons (Fsp3) is 0.263. The summed E-state index contributed by atoms with van der Waals surface area (Å²) in [6, 6.07) is 8.91. The molecule has 0 aliphatic carbocycles. The number of carboxylic acids is 1. The van der Waals surface area contributed by atoms with Gasteiger partial charge in [0, 0.05) is 30.1 Å². The van der Waals surface area contributed by atoms with E-state index in [1.807, 2.05) is 6.92 Å². The van der Waals surface area contributed by atoms with Gasteiger partial charge in [0.2, 0.25) is 0 Å². The van der Waals surface area contributed by atoms with Gasteiger partial charge in [-0.2, -0.15) is 0 Å². The lowest BCUT2D eigenvalue weighted by Gasteiger charge is -2.21. The molecule has 0 spiro atoms. The van der Waals surface area contributed by atoms with Gasteiger partial charge in [0.05, 0.1) is 24.7 Å². The predicted octanol–water partition coefficient (Wildman–Crippen LogP) is 1.61. The number of nitro groups is 1. The predicted molar refractivity (Wildman–Crippen MR) is 97.1 cm³/mol. The van der Waals surface area contributed by atoms with Crippen molar-refractivity contribution >= 4 is 17.6 Å². The van der Waals surface area contributed by atoms with Crippen molar-refractivity contribution in [1.82, 2.24) is 5.32 Å². The molecule has 0 bridgehead atoms. The van der Waals surface area contributed by atoms with E-state index in [9.17, 15) is 24.8 Å². The molecule has 148 valence electrons. The summed E-state index contributed by atoms with van der Waals surface area (Å²) >= 11 is 0. The quantitative estimate of drug-likeness (QED) is 0.511. The van der Waals surface area contributed by atoms with Crippen LogP contribution in [0.25, 0.3) is 0 Å². The number of aliphatic carboxylic acids is 1. The monoisotopic (exact) mass is 387 g/mol. The molecule has 1 N–H and O–H groups in total. The summed E-state index contributed by atoms with van der Waals surface area (Å²) in [6.07, 6.45) is -0.462. The molecule has 28 heavy (non-hydrogen) atoms. The summed E-state index contributed by atoms with van der Waals surface area (Å²) in [7, 11) is 1.45. The highest BCUT2D eigenvalue weighted by atomic mass is 16.6. The lowest BCUT2D eigenvalue weighted by molar-refractivity contribution is -0.384. The molecule has 9 heteroatoms. The Bertz CT molecular complexity index is 865. The van der Waals surface area contributed by atoms with Crippen LogP contribution in [0, 0.1) is 10.1 Å². The van der Waals surface area contributed by atoms with Crippen molar-refractivity contribution in [2.75, 3.05) is 13.7 Å². The number of ether oxygens (including phenoxy) is 2. The van der Waals surface area contributed by atoms with Gasteiger partial charge in [-0.3, -0.25) is 14.9 Å². The van der Waals surface area contributed by atoms with E-state index in [1.54, 1.807) is 18.2 Å². The van der Waals surface area contributed by atoms with Crippen LogP contribution in [0.1, 0.15) is 35.3 Å². The smallest absolute Gasteiger partial charge is 0.269 e. The van der Waals surface area contributed by atoms with Gasteiger partial charge in [0.1, 0.15) is 0 Å². The number of carbonyl (C=O) groups is 2. The van der Waals surface area contributed by atoms with Crippen LogP contribution in [0.5, 0.6) is 11.5 Å². The SMILES string of the molecule is CCOc1ccc([C@@H](CC(=O)[O-])NC(=O)c2ccc([N+](=O)[O-])cc2)cc1OC. The number of nitrogens with zero attached hydrogens (tertiary/aromatic N) is 1. The highest BCUT2D eigenvalue weighted by Gasteiger charge is 2.19. The second-order valence-electron chi connectivity index (χ2n) is 5.75. The van der Waals surface area contributed by atoms with E-state index in [1.165, 1.54) is 31.4 Å². The first-order valence-electron chi connectivity index (χ1n) is 8.41. The van der Waals surface area contributed by atoms with Gasteiger partial charge in [-0.25, -0.2) is 0 Å². The van der Waals surface area contributed by atoms with E-state index >= 15 is 0 Å². The zero-order valence-corrected chi connectivity index (χ0v) is 15.3. The number of carboxylic acid groups (broad SMARTS) is 1. The third-order valence-electron chi connectivity index (χ3n) is 3.91. The highest BCUT2D eigenvalue weighted by Crippen LogP contribution is 2.31. The molecule has 2 aromatic carbocycles.